The fraction of sp³-hybridized carbons (Fsp3) is 0.286. The Kier molecular flexibility index (Phi) is 5.42. The number of hydrogen-bond donors (Lipinski definition) is 2. The van der Waals surface area contributed by atoms with Gasteiger partial charge in [-0.3, -0.25) is 4.79 Å². The van der Waals surface area contributed by atoms with Gasteiger partial charge in [-0.05, 0) is 26.0 Å². The molecular weight excluding hydrogens is 242 g/mol. The number of nitrogens with zero attached hydrogens (tertiary/aromatic N) is 1. The van der Waals surface area contributed by atoms with E-state index < -0.39 is 5.91 Å². The number of carbonyl (C=O) groups excluding carboxylic acids is 1. The molecule has 2 N–H and O–H groups in total. The summed E-state index contributed by atoms with van der Waals surface area (Å²) in [5.74, 6) is 0.236. The quantitative estimate of drug-likeness (QED) is 0.627. The van der Waals surface area contributed by atoms with Crippen LogP contribution in [0.4, 0.5) is 5.69 Å². The highest BCUT2D eigenvalue weighted by Gasteiger charge is 2.10. The first-order chi connectivity index (χ1) is 9.08. The second-order valence-corrected chi connectivity index (χ2v) is 4.14. The van der Waals surface area contributed by atoms with Crippen molar-refractivity contribution < 1.29 is 9.53 Å². The van der Waals surface area contributed by atoms with Gasteiger partial charge in [-0.15, -0.1) is 0 Å². The predicted octanol–water partition coefficient (Wildman–Crippen LogP) is 2.04. The molecule has 1 rings (SSSR count). The zero-order valence-corrected chi connectivity index (χ0v) is 11.2. The molecule has 0 unspecified atom stereocenters. The average Bonchev–Trinajstić information content (AvgIpc) is 2.39. The zero-order valence-electron chi connectivity index (χ0n) is 11.2. The number of para-hydroxylation sites is 2. The SMILES string of the molecule is COc1ccccc1N/C=C(/C#N)C(=O)NC(C)C. The number of amides is 1. The Morgan fingerprint density at radius 2 is 2.11 bits per heavy atom. The third kappa shape index (κ3) is 4.36. The summed E-state index contributed by atoms with van der Waals surface area (Å²) in [4.78, 5) is 11.7. The maximum atomic E-state index is 11.7. The lowest BCUT2D eigenvalue weighted by atomic mass is 10.2. The summed E-state index contributed by atoms with van der Waals surface area (Å²) >= 11 is 0. The number of carbonyl (C=O) groups is 1. The van der Waals surface area contributed by atoms with Crippen LogP contribution in [0.3, 0.4) is 0 Å². The van der Waals surface area contributed by atoms with Gasteiger partial charge in [0.2, 0.25) is 0 Å². The van der Waals surface area contributed by atoms with Crippen molar-refractivity contribution in [2.24, 2.45) is 0 Å². The van der Waals surface area contributed by atoms with Gasteiger partial charge in [0.25, 0.3) is 5.91 Å². The van der Waals surface area contributed by atoms with E-state index in [4.69, 9.17) is 10.00 Å². The summed E-state index contributed by atoms with van der Waals surface area (Å²) in [6.07, 6.45) is 1.37. The minimum atomic E-state index is -0.403. The normalized spacial score (nSPS) is 10.8. The number of nitriles is 1. The second-order valence-electron chi connectivity index (χ2n) is 4.14. The van der Waals surface area contributed by atoms with Crippen molar-refractivity contribution in [1.82, 2.24) is 5.32 Å². The lowest BCUT2D eigenvalue weighted by Gasteiger charge is -2.09. The van der Waals surface area contributed by atoms with E-state index in [9.17, 15) is 4.79 Å². The highest BCUT2D eigenvalue weighted by atomic mass is 16.5. The smallest absolute Gasteiger partial charge is 0.263 e. The Hall–Kier alpha value is -2.48. The lowest BCUT2D eigenvalue weighted by Crippen LogP contribution is -2.31. The summed E-state index contributed by atoms with van der Waals surface area (Å²) in [5, 5.41) is 14.5. The lowest BCUT2D eigenvalue weighted by molar-refractivity contribution is -0.117. The number of anilines is 1. The number of nitrogens with one attached hydrogen (secondary N) is 2. The van der Waals surface area contributed by atoms with E-state index in [1.54, 1.807) is 19.2 Å². The van der Waals surface area contributed by atoms with Crippen LogP contribution >= 0.6 is 0 Å². The molecule has 0 atom stereocenters. The van der Waals surface area contributed by atoms with E-state index in [1.165, 1.54) is 6.20 Å². The highest BCUT2D eigenvalue weighted by Crippen LogP contribution is 2.23. The summed E-state index contributed by atoms with van der Waals surface area (Å²) in [6, 6.07) is 9.10. The first-order valence-electron chi connectivity index (χ1n) is 5.89. The maximum Gasteiger partial charge on any atom is 0.263 e. The van der Waals surface area contributed by atoms with Crippen LogP contribution in [0, 0.1) is 11.3 Å². The zero-order chi connectivity index (χ0) is 14.3. The van der Waals surface area contributed by atoms with Gasteiger partial charge >= 0.3 is 0 Å². The molecule has 5 nitrogen and oxygen atoms in total. The third-order valence-electron chi connectivity index (χ3n) is 2.26. The van der Waals surface area contributed by atoms with Gasteiger partial charge in [-0.1, -0.05) is 12.1 Å². The first kappa shape index (κ1) is 14.6. The van der Waals surface area contributed by atoms with Crippen molar-refractivity contribution >= 4 is 11.6 Å². The van der Waals surface area contributed by atoms with Gasteiger partial charge in [-0.25, -0.2) is 0 Å². The number of hydrogen-bond acceptors (Lipinski definition) is 4. The fourth-order valence-corrected chi connectivity index (χ4v) is 1.40. The van der Waals surface area contributed by atoms with E-state index in [0.29, 0.717) is 11.4 Å². The number of methoxy groups -OCH3 is 1. The molecule has 0 aliphatic carbocycles. The van der Waals surface area contributed by atoms with Crippen molar-refractivity contribution in [1.29, 1.82) is 5.26 Å². The van der Waals surface area contributed by atoms with Crippen LogP contribution in [0.2, 0.25) is 0 Å². The van der Waals surface area contributed by atoms with Crippen LogP contribution in [-0.4, -0.2) is 19.1 Å². The summed E-state index contributed by atoms with van der Waals surface area (Å²) in [5.41, 5.74) is 0.703. The van der Waals surface area contributed by atoms with E-state index in [1.807, 2.05) is 32.0 Å². The molecule has 0 fully saturated rings. The maximum absolute atomic E-state index is 11.7. The van der Waals surface area contributed by atoms with Crippen molar-refractivity contribution in [2.45, 2.75) is 19.9 Å². The summed E-state index contributed by atoms with van der Waals surface area (Å²) < 4.78 is 5.16. The van der Waals surface area contributed by atoms with E-state index in [-0.39, 0.29) is 11.6 Å². The third-order valence-corrected chi connectivity index (χ3v) is 2.26. The Morgan fingerprint density at radius 3 is 2.68 bits per heavy atom. The summed E-state index contributed by atoms with van der Waals surface area (Å²) in [7, 11) is 1.56. The Morgan fingerprint density at radius 1 is 1.42 bits per heavy atom. The molecule has 0 heterocycles. The molecule has 0 bridgehead atoms. The van der Waals surface area contributed by atoms with Crippen molar-refractivity contribution in [3.63, 3.8) is 0 Å². The van der Waals surface area contributed by atoms with Gasteiger partial charge in [0.15, 0.2) is 0 Å². The number of ether oxygens (including phenoxy) is 1. The largest absolute Gasteiger partial charge is 0.495 e. The van der Waals surface area contributed by atoms with Gasteiger partial charge in [0, 0.05) is 12.2 Å². The minimum Gasteiger partial charge on any atom is -0.495 e. The van der Waals surface area contributed by atoms with Crippen LogP contribution < -0.4 is 15.4 Å². The number of benzene rings is 1. The average molecular weight is 259 g/mol. The van der Waals surface area contributed by atoms with E-state index in [2.05, 4.69) is 10.6 Å². The molecule has 100 valence electrons. The molecule has 0 aromatic heterocycles. The van der Waals surface area contributed by atoms with E-state index >= 15 is 0 Å². The van der Waals surface area contributed by atoms with Crippen LogP contribution in [0.5, 0.6) is 5.75 Å². The Labute approximate surface area is 112 Å². The molecule has 19 heavy (non-hydrogen) atoms. The van der Waals surface area contributed by atoms with Gasteiger partial charge in [0.05, 0.1) is 12.8 Å². The molecule has 5 heteroatoms. The highest BCUT2D eigenvalue weighted by molar-refractivity contribution is 5.97. The van der Waals surface area contributed by atoms with Gasteiger partial charge in [-0.2, -0.15) is 5.26 Å². The van der Waals surface area contributed by atoms with Crippen LogP contribution in [0.1, 0.15) is 13.8 Å². The molecule has 1 aromatic rings. The molecular formula is C14H17N3O2. The van der Waals surface area contributed by atoms with Gasteiger partial charge in [0.1, 0.15) is 17.4 Å². The molecule has 0 saturated carbocycles. The monoisotopic (exact) mass is 259 g/mol. The topological polar surface area (TPSA) is 74.1 Å². The molecule has 1 amide bonds. The van der Waals surface area contributed by atoms with Crippen molar-refractivity contribution in [2.75, 3.05) is 12.4 Å². The molecule has 0 spiro atoms. The predicted molar refractivity (Wildman–Crippen MR) is 73.6 cm³/mol. The minimum absolute atomic E-state index is 0.0135. The van der Waals surface area contributed by atoms with Crippen molar-refractivity contribution in [3.8, 4) is 11.8 Å². The second kappa shape index (κ2) is 7.07. The standard InChI is InChI=1S/C14H17N3O2/c1-10(2)17-14(18)11(8-15)9-16-12-6-4-5-7-13(12)19-3/h4-7,9-10,16H,1-3H3,(H,17,18)/b11-9-. The molecule has 0 aliphatic heterocycles. The fourth-order valence-electron chi connectivity index (χ4n) is 1.40. The molecule has 0 radical (unpaired) electrons. The van der Waals surface area contributed by atoms with Crippen LogP contribution in [-0.2, 0) is 4.79 Å². The molecule has 0 saturated heterocycles. The Balaban J connectivity index is 2.83. The van der Waals surface area contributed by atoms with E-state index in [0.717, 1.165) is 0 Å². The Bertz CT molecular complexity index is 516. The van der Waals surface area contributed by atoms with Gasteiger partial charge < -0.3 is 15.4 Å². The van der Waals surface area contributed by atoms with Crippen LogP contribution in [0.25, 0.3) is 0 Å². The molecule has 1 aromatic carbocycles. The van der Waals surface area contributed by atoms with Crippen LogP contribution in [0.15, 0.2) is 36.0 Å². The van der Waals surface area contributed by atoms with Crippen molar-refractivity contribution in [3.05, 3.63) is 36.0 Å². The summed E-state index contributed by atoms with van der Waals surface area (Å²) in [6.45, 7) is 3.67. The molecule has 0 aliphatic rings. The first-order valence-corrected chi connectivity index (χ1v) is 5.89. The number of rotatable bonds is 5.